The van der Waals surface area contributed by atoms with E-state index in [1.54, 1.807) is 0 Å². The van der Waals surface area contributed by atoms with Crippen molar-refractivity contribution in [1.82, 2.24) is 0 Å². The maximum atomic E-state index is 13.9. The van der Waals surface area contributed by atoms with Gasteiger partial charge in [0.1, 0.15) is 40.9 Å². The Balaban J connectivity index is 1.91. The van der Waals surface area contributed by atoms with Crippen LogP contribution in [0.1, 0.15) is 48.5 Å². The van der Waals surface area contributed by atoms with Crippen LogP contribution in [0, 0.1) is 0 Å². The average Bonchev–Trinajstić information content (AvgIpc) is 3.03. The molecule has 1 saturated heterocycles. The summed E-state index contributed by atoms with van der Waals surface area (Å²) in [4.78, 5) is 98.0. The molecule has 53 heavy (non-hydrogen) atoms. The molecule has 18 nitrogen and oxygen atoms in total. The van der Waals surface area contributed by atoms with Gasteiger partial charge in [0, 0.05) is 66.2 Å². The molecule has 0 spiro atoms. The number of hydrogen-bond donors (Lipinski definition) is 0. The fourth-order valence-electron chi connectivity index (χ4n) is 5.23. The molecule has 0 unspecified atom stereocenters. The van der Waals surface area contributed by atoms with Crippen molar-refractivity contribution >= 4 is 52.8 Å². The Bertz CT molecular complexity index is 1990. The fourth-order valence-corrected chi connectivity index (χ4v) is 5.23. The van der Waals surface area contributed by atoms with Crippen molar-refractivity contribution in [3.63, 3.8) is 0 Å². The summed E-state index contributed by atoms with van der Waals surface area (Å²) >= 11 is 0. The van der Waals surface area contributed by atoms with Gasteiger partial charge in [-0.2, -0.15) is 0 Å². The Kier molecular flexibility index (Phi) is 12.5. The van der Waals surface area contributed by atoms with Crippen molar-refractivity contribution in [2.75, 3.05) is 6.61 Å². The molecule has 0 saturated carbocycles. The zero-order valence-corrected chi connectivity index (χ0v) is 29.4. The van der Waals surface area contributed by atoms with Gasteiger partial charge < -0.3 is 47.0 Å². The molecular weight excluding hydrogens is 708 g/mol. The largest absolute Gasteiger partial charge is 0.463 e. The molecule has 18 heteroatoms. The third-order valence-corrected chi connectivity index (χ3v) is 6.97. The van der Waals surface area contributed by atoms with Crippen LogP contribution in [0.3, 0.4) is 0 Å². The Morgan fingerprint density at radius 1 is 0.623 bits per heavy atom. The van der Waals surface area contributed by atoms with Crippen LogP contribution in [0.15, 0.2) is 45.6 Å². The number of carbonyl (C=O) groups is 7. The van der Waals surface area contributed by atoms with Crippen molar-refractivity contribution in [2.45, 2.75) is 79.2 Å². The lowest BCUT2D eigenvalue weighted by molar-refractivity contribution is -0.288. The zero-order valence-electron chi connectivity index (χ0n) is 29.4. The summed E-state index contributed by atoms with van der Waals surface area (Å²) in [5.74, 6) is -7.02. The standard InChI is InChI=1S/C35H34O18/c1-15(36)44-14-27-31(47-18(4)39)33(49-20(6)41)34(50-21(7)42)35(53-27)51-24-12-25(46-17(3)38)28-26(13-24)52-30(32(29(28)43)48-19(5)40)22-8-10-23(11-9-22)45-16(2)37/h8-13,27,31,33-35H,14H2,1-7H3/t27-,31+,33-,34+,35+/m0/s1. The first kappa shape index (κ1) is 39.5. The summed E-state index contributed by atoms with van der Waals surface area (Å²) in [6, 6.07) is 7.88. The molecule has 282 valence electrons. The number of rotatable bonds is 11. The molecule has 1 aliphatic heterocycles. The molecule has 4 rings (SSSR count). The second-order valence-electron chi connectivity index (χ2n) is 11.4. The van der Waals surface area contributed by atoms with Crippen LogP contribution < -0.4 is 24.4 Å². The molecule has 0 aliphatic carbocycles. The third-order valence-electron chi connectivity index (χ3n) is 6.97. The van der Waals surface area contributed by atoms with Gasteiger partial charge in [0.2, 0.25) is 23.6 Å². The number of fused-ring (bicyclic) bond motifs is 1. The SMILES string of the molecule is CC(=O)OC[C@@H]1O[C@@H](Oc2cc(OC(C)=O)c3c(=O)c(OC(C)=O)c(-c4ccc(OC(C)=O)cc4)oc3c2)[C@H](OC(C)=O)[C@@H](OC(C)=O)[C@@H]1OC(C)=O. The zero-order chi connectivity index (χ0) is 39.1. The number of carbonyl (C=O) groups excluding carboxylic acids is 7. The molecule has 0 radical (unpaired) electrons. The second kappa shape index (κ2) is 16.8. The van der Waals surface area contributed by atoms with Gasteiger partial charge in [-0.1, -0.05) is 0 Å². The highest BCUT2D eigenvalue weighted by molar-refractivity contribution is 5.91. The van der Waals surface area contributed by atoms with Crippen molar-refractivity contribution in [3.8, 4) is 34.3 Å². The highest BCUT2D eigenvalue weighted by Crippen LogP contribution is 2.39. The smallest absolute Gasteiger partial charge is 0.308 e. The lowest BCUT2D eigenvalue weighted by atomic mass is 9.98. The molecule has 2 aromatic carbocycles. The molecule has 5 atom stereocenters. The van der Waals surface area contributed by atoms with E-state index in [-0.39, 0.29) is 33.8 Å². The number of ether oxygens (including phenoxy) is 9. The maximum absolute atomic E-state index is 13.9. The maximum Gasteiger partial charge on any atom is 0.308 e. The molecular formula is C35H34O18. The lowest BCUT2D eigenvalue weighted by Gasteiger charge is -2.43. The van der Waals surface area contributed by atoms with Gasteiger partial charge >= 0.3 is 41.8 Å². The summed E-state index contributed by atoms with van der Waals surface area (Å²) in [6.45, 7) is 7.02. The number of benzene rings is 2. The van der Waals surface area contributed by atoms with E-state index in [0.717, 1.165) is 47.6 Å². The van der Waals surface area contributed by atoms with Gasteiger partial charge in [0.05, 0.1) is 0 Å². The van der Waals surface area contributed by atoms with E-state index in [9.17, 15) is 38.4 Å². The van der Waals surface area contributed by atoms with Crippen molar-refractivity contribution in [1.29, 1.82) is 0 Å². The summed E-state index contributed by atoms with van der Waals surface area (Å²) < 4.78 is 55.1. The normalized spacial score (nSPS) is 19.3. The van der Waals surface area contributed by atoms with E-state index < -0.39 is 96.0 Å². The summed E-state index contributed by atoms with van der Waals surface area (Å²) in [6.07, 6.45) is -7.74. The number of esters is 7. The van der Waals surface area contributed by atoms with Crippen molar-refractivity contribution in [3.05, 3.63) is 46.6 Å². The minimum absolute atomic E-state index is 0.163. The average molecular weight is 743 g/mol. The van der Waals surface area contributed by atoms with Crippen LogP contribution in [0.4, 0.5) is 0 Å². The van der Waals surface area contributed by atoms with Crippen LogP contribution in [0.5, 0.6) is 23.0 Å². The molecule has 1 fully saturated rings. The van der Waals surface area contributed by atoms with E-state index in [0.29, 0.717) is 0 Å². The molecule has 1 aliphatic rings. The Morgan fingerprint density at radius 3 is 1.74 bits per heavy atom. The van der Waals surface area contributed by atoms with Crippen LogP contribution in [-0.4, -0.2) is 79.1 Å². The monoisotopic (exact) mass is 742 g/mol. The molecule has 3 aromatic rings. The molecule has 0 N–H and O–H groups in total. The first-order valence-electron chi connectivity index (χ1n) is 15.7. The highest BCUT2D eigenvalue weighted by atomic mass is 16.7. The molecule has 1 aromatic heterocycles. The quantitative estimate of drug-likeness (QED) is 0.156. The molecule has 2 heterocycles. The molecule has 0 amide bonds. The van der Waals surface area contributed by atoms with Crippen LogP contribution in [0.25, 0.3) is 22.3 Å². The third kappa shape index (κ3) is 10.2. The fraction of sp³-hybridized carbons (Fsp3) is 0.371. The van der Waals surface area contributed by atoms with Gasteiger partial charge in [-0.05, 0) is 24.3 Å². The summed E-state index contributed by atoms with van der Waals surface area (Å²) in [5, 5.41) is -0.356. The predicted octanol–water partition coefficient (Wildman–Crippen LogP) is 2.70. The van der Waals surface area contributed by atoms with E-state index in [1.807, 2.05) is 0 Å². The van der Waals surface area contributed by atoms with Crippen molar-refractivity contribution < 1.29 is 80.6 Å². The molecule has 0 bridgehead atoms. The highest BCUT2D eigenvalue weighted by Gasteiger charge is 2.53. The predicted molar refractivity (Wildman–Crippen MR) is 174 cm³/mol. The Morgan fingerprint density at radius 2 is 1.19 bits per heavy atom. The lowest BCUT2D eigenvalue weighted by Crippen LogP contribution is -2.63. The van der Waals surface area contributed by atoms with Crippen LogP contribution >= 0.6 is 0 Å². The second-order valence-corrected chi connectivity index (χ2v) is 11.4. The van der Waals surface area contributed by atoms with E-state index in [4.69, 9.17) is 47.0 Å². The topological polar surface area (TPSA) is 233 Å². The van der Waals surface area contributed by atoms with Gasteiger partial charge in [0.25, 0.3) is 0 Å². The van der Waals surface area contributed by atoms with Gasteiger partial charge in [-0.3, -0.25) is 38.4 Å². The summed E-state index contributed by atoms with van der Waals surface area (Å²) in [7, 11) is 0. The number of hydrogen-bond acceptors (Lipinski definition) is 18. The minimum atomic E-state index is -1.71. The van der Waals surface area contributed by atoms with E-state index in [1.165, 1.54) is 37.3 Å². The van der Waals surface area contributed by atoms with Gasteiger partial charge in [-0.25, -0.2) is 0 Å². The van der Waals surface area contributed by atoms with Crippen LogP contribution in [0.2, 0.25) is 0 Å². The Hall–Kier alpha value is -6.30. The van der Waals surface area contributed by atoms with E-state index in [2.05, 4.69) is 0 Å². The van der Waals surface area contributed by atoms with Gasteiger partial charge in [-0.15, -0.1) is 0 Å². The summed E-state index contributed by atoms with van der Waals surface area (Å²) in [5.41, 5.74) is -1.02. The van der Waals surface area contributed by atoms with Crippen molar-refractivity contribution in [2.24, 2.45) is 0 Å². The first-order valence-corrected chi connectivity index (χ1v) is 15.7. The van der Waals surface area contributed by atoms with Gasteiger partial charge in [0.15, 0.2) is 18.0 Å². The minimum Gasteiger partial charge on any atom is -0.463 e. The first-order chi connectivity index (χ1) is 24.9. The van der Waals surface area contributed by atoms with Crippen LogP contribution in [-0.2, 0) is 57.2 Å². The van der Waals surface area contributed by atoms with E-state index >= 15 is 0 Å². The Labute approximate surface area is 300 Å².